The van der Waals surface area contributed by atoms with Gasteiger partial charge in [0.25, 0.3) is 5.91 Å². The number of aliphatic hydroxyl groups excluding tert-OH is 1. The monoisotopic (exact) mass is 252 g/mol. The molecule has 0 heterocycles. The summed E-state index contributed by atoms with van der Waals surface area (Å²) in [6.07, 6.45) is -0.666. The molecule has 5 nitrogen and oxygen atoms in total. The van der Waals surface area contributed by atoms with Crippen molar-refractivity contribution in [3.63, 3.8) is 0 Å². The maximum Gasteiger partial charge on any atom is 0.253 e. The molecule has 100 valence electrons. The molecule has 0 aromatic heterocycles. The van der Waals surface area contributed by atoms with Crippen molar-refractivity contribution in [3.05, 3.63) is 29.8 Å². The van der Waals surface area contributed by atoms with Crippen LogP contribution >= 0.6 is 0 Å². The third-order valence-electron chi connectivity index (χ3n) is 2.61. The number of aliphatic hydroxyl groups is 1. The van der Waals surface area contributed by atoms with Crippen LogP contribution in [0.25, 0.3) is 0 Å². The van der Waals surface area contributed by atoms with Crippen molar-refractivity contribution >= 4 is 11.6 Å². The predicted molar refractivity (Wildman–Crippen MR) is 70.8 cm³/mol. The zero-order valence-electron chi connectivity index (χ0n) is 11.0. The largest absolute Gasteiger partial charge is 0.389 e. The third-order valence-corrected chi connectivity index (χ3v) is 2.61. The fourth-order valence-corrected chi connectivity index (χ4v) is 1.64. The number of carbonyl (C=O) groups is 1. The first-order valence-corrected chi connectivity index (χ1v) is 5.78. The number of benzene rings is 1. The summed E-state index contributed by atoms with van der Waals surface area (Å²) in [5, 5.41) is 12.6. The Bertz CT molecular complexity index is 378. The van der Waals surface area contributed by atoms with Crippen molar-refractivity contribution in [1.29, 1.82) is 0 Å². The Morgan fingerprint density at radius 1 is 1.44 bits per heavy atom. The van der Waals surface area contributed by atoms with Crippen LogP contribution in [0, 0.1) is 0 Å². The van der Waals surface area contributed by atoms with Crippen molar-refractivity contribution in [2.45, 2.75) is 6.10 Å². The molecule has 0 aliphatic rings. The number of nitrogens with zero attached hydrogens (tertiary/aromatic N) is 1. The van der Waals surface area contributed by atoms with E-state index in [0.717, 1.165) is 5.69 Å². The van der Waals surface area contributed by atoms with Gasteiger partial charge in [0.05, 0.1) is 12.7 Å². The molecule has 0 saturated carbocycles. The van der Waals surface area contributed by atoms with E-state index in [4.69, 9.17) is 4.74 Å². The SMILES string of the molecule is CNc1ccc(C(=O)N(C)CC(O)COC)cc1. The molecule has 1 atom stereocenters. The third kappa shape index (κ3) is 4.01. The maximum absolute atomic E-state index is 12.0. The molecular formula is C13H20N2O3. The second-order valence-corrected chi connectivity index (χ2v) is 4.12. The molecule has 1 rings (SSSR count). The van der Waals surface area contributed by atoms with Crippen LogP contribution in [0.4, 0.5) is 5.69 Å². The highest BCUT2D eigenvalue weighted by Crippen LogP contribution is 2.10. The maximum atomic E-state index is 12.0. The zero-order valence-corrected chi connectivity index (χ0v) is 11.0. The lowest BCUT2D eigenvalue weighted by Gasteiger charge is -2.20. The lowest BCUT2D eigenvalue weighted by molar-refractivity contribution is 0.0380. The Balaban J connectivity index is 2.62. The number of rotatable bonds is 6. The summed E-state index contributed by atoms with van der Waals surface area (Å²) in [7, 11) is 5.00. The summed E-state index contributed by atoms with van der Waals surface area (Å²) >= 11 is 0. The van der Waals surface area contributed by atoms with Crippen LogP contribution in [0.15, 0.2) is 24.3 Å². The van der Waals surface area contributed by atoms with Crippen molar-refractivity contribution in [2.24, 2.45) is 0 Å². The van der Waals surface area contributed by atoms with E-state index >= 15 is 0 Å². The lowest BCUT2D eigenvalue weighted by atomic mass is 10.2. The molecule has 5 heteroatoms. The van der Waals surface area contributed by atoms with E-state index in [-0.39, 0.29) is 19.1 Å². The van der Waals surface area contributed by atoms with Crippen LogP contribution < -0.4 is 5.32 Å². The predicted octanol–water partition coefficient (Wildman–Crippen LogP) is 0.808. The number of hydrogen-bond donors (Lipinski definition) is 2. The van der Waals surface area contributed by atoms with Gasteiger partial charge in [0, 0.05) is 39.0 Å². The highest BCUT2D eigenvalue weighted by Gasteiger charge is 2.15. The van der Waals surface area contributed by atoms with Crippen LogP contribution in [0.1, 0.15) is 10.4 Å². The average molecular weight is 252 g/mol. The zero-order chi connectivity index (χ0) is 13.5. The van der Waals surface area contributed by atoms with Crippen molar-refractivity contribution in [2.75, 3.05) is 39.7 Å². The van der Waals surface area contributed by atoms with E-state index in [2.05, 4.69) is 5.32 Å². The number of hydrogen-bond acceptors (Lipinski definition) is 4. The second kappa shape index (κ2) is 6.98. The van der Waals surface area contributed by atoms with Gasteiger partial charge in [0.2, 0.25) is 0 Å². The molecule has 0 spiro atoms. The van der Waals surface area contributed by atoms with Gasteiger partial charge in [-0.3, -0.25) is 4.79 Å². The van der Waals surface area contributed by atoms with Gasteiger partial charge in [-0.05, 0) is 24.3 Å². The quantitative estimate of drug-likeness (QED) is 0.786. The summed E-state index contributed by atoms with van der Waals surface area (Å²) < 4.78 is 4.82. The lowest BCUT2D eigenvalue weighted by Crippen LogP contribution is -2.36. The standard InChI is InChI=1S/C13H20N2O3/c1-14-11-6-4-10(5-7-11)13(17)15(2)8-12(16)9-18-3/h4-7,12,14,16H,8-9H2,1-3H3. The molecule has 2 N–H and O–H groups in total. The minimum Gasteiger partial charge on any atom is -0.389 e. The van der Waals surface area contributed by atoms with E-state index in [1.807, 2.05) is 19.2 Å². The minimum absolute atomic E-state index is 0.118. The van der Waals surface area contributed by atoms with Gasteiger partial charge in [-0.15, -0.1) is 0 Å². The molecule has 1 aromatic rings. The summed E-state index contributed by atoms with van der Waals surface area (Å²) in [6.45, 7) is 0.469. The van der Waals surface area contributed by atoms with E-state index in [1.54, 1.807) is 19.2 Å². The van der Waals surface area contributed by atoms with E-state index in [0.29, 0.717) is 5.56 Å². The van der Waals surface area contributed by atoms with Gasteiger partial charge >= 0.3 is 0 Å². The molecule has 0 saturated heterocycles. The van der Waals surface area contributed by atoms with Crippen molar-refractivity contribution in [1.82, 2.24) is 4.90 Å². The molecular weight excluding hydrogens is 232 g/mol. The van der Waals surface area contributed by atoms with Crippen molar-refractivity contribution < 1.29 is 14.6 Å². The summed E-state index contributed by atoms with van der Waals surface area (Å²) in [4.78, 5) is 13.5. The first-order chi connectivity index (χ1) is 8.58. The molecule has 0 aliphatic carbocycles. The molecule has 1 amide bonds. The smallest absolute Gasteiger partial charge is 0.253 e. The molecule has 1 aromatic carbocycles. The first kappa shape index (κ1) is 14.5. The highest BCUT2D eigenvalue weighted by molar-refractivity contribution is 5.94. The number of ether oxygens (including phenoxy) is 1. The van der Waals surface area contributed by atoms with Crippen LogP contribution in [0.2, 0.25) is 0 Å². The van der Waals surface area contributed by atoms with Crippen LogP contribution in [-0.4, -0.2) is 56.4 Å². The Morgan fingerprint density at radius 3 is 2.56 bits per heavy atom. The van der Waals surface area contributed by atoms with E-state index in [1.165, 1.54) is 12.0 Å². The average Bonchev–Trinajstić information content (AvgIpc) is 2.38. The van der Waals surface area contributed by atoms with Crippen LogP contribution in [-0.2, 0) is 4.74 Å². The van der Waals surface area contributed by atoms with Crippen LogP contribution in [0.3, 0.4) is 0 Å². The molecule has 0 aliphatic heterocycles. The molecule has 1 unspecified atom stereocenters. The molecule has 0 radical (unpaired) electrons. The molecule has 18 heavy (non-hydrogen) atoms. The summed E-state index contributed by atoms with van der Waals surface area (Å²) in [5.74, 6) is -0.118. The van der Waals surface area contributed by atoms with Gasteiger partial charge in [-0.2, -0.15) is 0 Å². The first-order valence-electron chi connectivity index (χ1n) is 5.78. The minimum atomic E-state index is -0.666. The van der Waals surface area contributed by atoms with Gasteiger partial charge in [0.1, 0.15) is 0 Å². The fraction of sp³-hybridized carbons (Fsp3) is 0.462. The Hall–Kier alpha value is -1.59. The molecule has 0 fully saturated rings. The van der Waals surface area contributed by atoms with Gasteiger partial charge in [0.15, 0.2) is 0 Å². The Morgan fingerprint density at radius 2 is 2.06 bits per heavy atom. The number of amides is 1. The van der Waals surface area contributed by atoms with E-state index < -0.39 is 6.10 Å². The summed E-state index contributed by atoms with van der Waals surface area (Å²) in [5.41, 5.74) is 1.55. The Kier molecular flexibility index (Phi) is 5.61. The van der Waals surface area contributed by atoms with Gasteiger partial charge in [-0.1, -0.05) is 0 Å². The highest BCUT2D eigenvalue weighted by atomic mass is 16.5. The number of likely N-dealkylation sites (N-methyl/N-ethyl adjacent to an activating group) is 1. The number of methoxy groups -OCH3 is 1. The van der Waals surface area contributed by atoms with Gasteiger partial charge < -0.3 is 20.1 Å². The topological polar surface area (TPSA) is 61.8 Å². The second-order valence-electron chi connectivity index (χ2n) is 4.12. The van der Waals surface area contributed by atoms with E-state index in [9.17, 15) is 9.90 Å². The number of nitrogens with one attached hydrogen (secondary N) is 1. The van der Waals surface area contributed by atoms with Crippen LogP contribution in [0.5, 0.6) is 0 Å². The fourth-order valence-electron chi connectivity index (χ4n) is 1.64. The number of carbonyl (C=O) groups excluding carboxylic acids is 1. The van der Waals surface area contributed by atoms with Crippen molar-refractivity contribution in [3.8, 4) is 0 Å². The normalized spacial score (nSPS) is 12.0. The molecule has 0 bridgehead atoms. The summed E-state index contributed by atoms with van der Waals surface area (Å²) in [6, 6.07) is 7.19. The Labute approximate surface area is 107 Å². The van der Waals surface area contributed by atoms with Gasteiger partial charge in [-0.25, -0.2) is 0 Å². The number of anilines is 1.